The molecule has 3 nitrogen and oxygen atoms in total. The summed E-state index contributed by atoms with van der Waals surface area (Å²) >= 11 is 1.63. The van der Waals surface area contributed by atoms with Gasteiger partial charge < -0.3 is 5.32 Å². The van der Waals surface area contributed by atoms with Crippen LogP contribution in [-0.2, 0) is 0 Å². The van der Waals surface area contributed by atoms with E-state index in [0.29, 0.717) is 0 Å². The van der Waals surface area contributed by atoms with Gasteiger partial charge in [0.15, 0.2) is 0 Å². The van der Waals surface area contributed by atoms with Gasteiger partial charge in [0.2, 0.25) is 0 Å². The minimum absolute atomic E-state index is 0.870. The zero-order chi connectivity index (χ0) is 12.5. The molecule has 1 N–H and O–H groups in total. The molecular weight excluding hydrogens is 242 g/mol. The Hall–Kier alpha value is -1.94. The summed E-state index contributed by atoms with van der Waals surface area (Å²) in [7, 11) is 0. The predicted octanol–water partition coefficient (Wildman–Crippen LogP) is 4.05. The van der Waals surface area contributed by atoms with Gasteiger partial charge in [0.05, 0.1) is 5.39 Å². The summed E-state index contributed by atoms with van der Waals surface area (Å²) in [6.45, 7) is 4.23. The van der Waals surface area contributed by atoms with Crippen LogP contribution in [0.1, 0.15) is 11.1 Å². The number of fused-ring (bicyclic) bond motifs is 1. The lowest BCUT2D eigenvalue weighted by molar-refractivity contribution is 1.22. The lowest BCUT2D eigenvalue weighted by Gasteiger charge is -2.11. The van der Waals surface area contributed by atoms with Crippen molar-refractivity contribution in [3.8, 4) is 0 Å². The third kappa shape index (κ3) is 1.84. The molecule has 90 valence electrons. The molecule has 2 heterocycles. The number of nitrogens with zero attached hydrogens (tertiary/aromatic N) is 2. The molecule has 0 spiro atoms. The maximum absolute atomic E-state index is 4.33. The first-order valence-corrected chi connectivity index (χ1v) is 6.65. The Morgan fingerprint density at radius 1 is 1.11 bits per heavy atom. The van der Waals surface area contributed by atoms with Crippen molar-refractivity contribution < 1.29 is 0 Å². The number of hydrogen-bond donors (Lipinski definition) is 1. The van der Waals surface area contributed by atoms with Crippen molar-refractivity contribution in [2.45, 2.75) is 13.8 Å². The number of nitrogens with one attached hydrogen (secondary N) is 1. The zero-order valence-corrected chi connectivity index (χ0v) is 11.1. The Kier molecular flexibility index (Phi) is 2.72. The van der Waals surface area contributed by atoms with E-state index in [-0.39, 0.29) is 0 Å². The fraction of sp³-hybridized carbons (Fsp3) is 0.143. The second-order valence-electron chi connectivity index (χ2n) is 4.23. The number of benzene rings is 1. The fourth-order valence-electron chi connectivity index (χ4n) is 1.90. The quantitative estimate of drug-likeness (QED) is 0.750. The molecule has 3 aromatic rings. The van der Waals surface area contributed by atoms with Gasteiger partial charge in [-0.2, -0.15) is 0 Å². The molecule has 0 fully saturated rings. The number of rotatable bonds is 2. The van der Waals surface area contributed by atoms with E-state index in [0.717, 1.165) is 21.7 Å². The van der Waals surface area contributed by atoms with E-state index in [2.05, 4.69) is 47.3 Å². The van der Waals surface area contributed by atoms with E-state index in [1.807, 2.05) is 11.4 Å². The molecule has 0 unspecified atom stereocenters. The van der Waals surface area contributed by atoms with Crippen LogP contribution in [0, 0.1) is 13.8 Å². The van der Waals surface area contributed by atoms with Crippen LogP contribution in [0.3, 0.4) is 0 Å². The van der Waals surface area contributed by atoms with Gasteiger partial charge in [-0.3, -0.25) is 0 Å². The van der Waals surface area contributed by atoms with Gasteiger partial charge in [0.1, 0.15) is 17.0 Å². The lowest BCUT2D eigenvalue weighted by Crippen LogP contribution is -1.97. The van der Waals surface area contributed by atoms with Crippen LogP contribution in [0.5, 0.6) is 0 Å². The Bertz CT molecular complexity index is 703. The smallest absolute Gasteiger partial charge is 0.142 e. The lowest BCUT2D eigenvalue weighted by atomic mass is 10.1. The van der Waals surface area contributed by atoms with E-state index in [1.54, 1.807) is 17.7 Å². The molecule has 0 amide bonds. The van der Waals surface area contributed by atoms with E-state index in [4.69, 9.17) is 0 Å². The molecule has 0 aliphatic rings. The van der Waals surface area contributed by atoms with E-state index in [1.165, 1.54) is 11.1 Å². The minimum Gasteiger partial charge on any atom is -0.339 e. The van der Waals surface area contributed by atoms with Gasteiger partial charge in [0, 0.05) is 5.69 Å². The number of aromatic nitrogens is 2. The summed E-state index contributed by atoms with van der Waals surface area (Å²) in [5, 5.41) is 6.51. The average molecular weight is 255 g/mol. The highest BCUT2D eigenvalue weighted by Gasteiger charge is 2.06. The van der Waals surface area contributed by atoms with E-state index in [9.17, 15) is 0 Å². The highest BCUT2D eigenvalue weighted by molar-refractivity contribution is 7.16. The monoisotopic (exact) mass is 255 g/mol. The molecule has 2 aromatic heterocycles. The maximum Gasteiger partial charge on any atom is 0.142 e. The Morgan fingerprint density at radius 2 is 2.00 bits per heavy atom. The van der Waals surface area contributed by atoms with Crippen molar-refractivity contribution in [1.29, 1.82) is 0 Å². The number of hydrogen-bond acceptors (Lipinski definition) is 4. The predicted molar refractivity (Wildman–Crippen MR) is 76.6 cm³/mol. The molecule has 0 atom stereocenters. The Morgan fingerprint density at radius 3 is 2.89 bits per heavy atom. The second kappa shape index (κ2) is 4.38. The van der Waals surface area contributed by atoms with Crippen LogP contribution in [-0.4, -0.2) is 9.97 Å². The molecule has 0 saturated heterocycles. The van der Waals surface area contributed by atoms with Gasteiger partial charge in [0.25, 0.3) is 0 Å². The highest BCUT2D eigenvalue weighted by Crippen LogP contribution is 2.28. The zero-order valence-electron chi connectivity index (χ0n) is 10.3. The molecule has 0 bridgehead atoms. The van der Waals surface area contributed by atoms with Gasteiger partial charge in [-0.15, -0.1) is 11.3 Å². The molecule has 0 aliphatic carbocycles. The SMILES string of the molecule is Cc1cccc(Nc2ncnc3sccc23)c1C. The normalized spacial score (nSPS) is 10.8. The molecule has 0 saturated carbocycles. The third-order valence-electron chi connectivity index (χ3n) is 3.12. The van der Waals surface area contributed by atoms with Crippen molar-refractivity contribution in [2.75, 3.05) is 5.32 Å². The first-order chi connectivity index (χ1) is 8.75. The van der Waals surface area contributed by atoms with Crippen molar-refractivity contribution in [1.82, 2.24) is 9.97 Å². The van der Waals surface area contributed by atoms with E-state index >= 15 is 0 Å². The van der Waals surface area contributed by atoms with Gasteiger partial charge in [-0.05, 0) is 42.5 Å². The van der Waals surface area contributed by atoms with Crippen molar-refractivity contribution in [3.05, 3.63) is 47.1 Å². The molecule has 4 heteroatoms. The van der Waals surface area contributed by atoms with E-state index < -0.39 is 0 Å². The number of aryl methyl sites for hydroxylation is 1. The number of thiophene rings is 1. The van der Waals surface area contributed by atoms with Crippen LogP contribution in [0.4, 0.5) is 11.5 Å². The largest absolute Gasteiger partial charge is 0.339 e. The van der Waals surface area contributed by atoms with Crippen LogP contribution in [0.25, 0.3) is 10.2 Å². The summed E-state index contributed by atoms with van der Waals surface area (Å²) < 4.78 is 0. The van der Waals surface area contributed by atoms with Crippen LogP contribution in [0.15, 0.2) is 36.0 Å². The molecule has 0 aliphatic heterocycles. The third-order valence-corrected chi connectivity index (χ3v) is 3.94. The van der Waals surface area contributed by atoms with Crippen molar-refractivity contribution in [2.24, 2.45) is 0 Å². The highest BCUT2D eigenvalue weighted by atomic mass is 32.1. The second-order valence-corrected chi connectivity index (χ2v) is 5.13. The average Bonchev–Trinajstić information content (AvgIpc) is 2.84. The minimum atomic E-state index is 0.870. The van der Waals surface area contributed by atoms with Gasteiger partial charge in [-0.1, -0.05) is 12.1 Å². The maximum atomic E-state index is 4.33. The standard InChI is InChI=1S/C14H13N3S/c1-9-4-3-5-12(10(9)2)17-13-11-6-7-18-14(11)16-8-15-13/h3-8H,1-2H3,(H,15,16,17). The molecule has 18 heavy (non-hydrogen) atoms. The van der Waals surface area contributed by atoms with Crippen LogP contribution >= 0.6 is 11.3 Å². The number of anilines is 2. The topological polar surface area (TPSA) is 37.8 Å². The summed E-state index contributed by atoms with van der Waals surface area (Å²) in [4.78, 5) is 9.59. The Labute approximate surface area is 110 Å². The van der Waals surface area contributed by atoms with Crippen LogP contribution < -0.4 is 5.32 Å². The summed E-state index contributed by atoms with van der Waals surface area (Å²) in [5.74, 6) is 0.870. The Balaban J connectivity index is 2.06. The summed E-state index contributed by atoms with van der Waals surface area (Å²) in [6, 6.07) is 8.29. The summed E-state index contributed by atoms with van der Waals surface area (Å²) in [5.41, 5.74) is 3.62. The fourth-order valence-corrected chi connectivity index (χ4v) is 2.64. The van der Waals surface area contributed by atoms with Crippen molar-refractivity contribution >= 4 is 33.1 Å². The van der Waals surface area contributed by atoms with Crippen LogP contribution in [0.2, 0.25) is 0 Å². The molecule has 0 radical (unpaired) electrons. The van der Waals surface area contributed by atoms with Crippen molar-refractivity contribution in [3.63, 3.8) is 0 Å². The van der Waals surface area contributed by atoms with Gasteiger partial charge in [-0.25, -0.2) is 9.97 Å². The molecular formula is C14H13N3S. The molecule has 3 rings (SSSR count). The first kappa shape index (κ1) is 11.2. The summed E-state index contributed by atoms with van der Waals surface area (Å²) in [6.07, 6.45) is 1.60. The van der Waals surface area contributed by atoms with Gasteiger partial charge >= 0.3 is 0 Å². The first-order valence-electron chi connectivity index (χ1n) is 5.77. The molecule has 1 aromatic carbocycles.